The van der Waals surface area contributed by atoms with Crippen molar-refractivity contribution in [3.05, 3.63) is 0 Å². The molecule has 0 saturated heterocycles. The molecule has 0 aromatic heterocycles. The number of rotatable bonds is 13. The van der Waals surface area contributed by atoms with E-state index in [1.165, 1.54) is 4.90 Å². The average Bonchev–Trinajstić information content (AvgIpc) is 2.34. The molecule has 0 aliphatic rings. The van der Waals surface area contributed by atoms with Crippen LogP contribution in [-0.2, 0) is 14.4 Å². The zero-order valence-corrected chi connectivity index (χ0v) is 13.9. The Hall–Kier alpha value is -1.71. The van der Waals surface area contributed by atoms with E-state index in [1.54, 1.807) is 4.90 Å². The molecule has 0 radical (unpaired) electrons. The van der Waals surface area contributed by atoms with Gasteiger partial charge in [0.05, 0.1) is 33.0 Å². The van der Waals surface area contributed by atoms with Crippen LogP contribution in [0.15, 0.2) is 0 Å². The van der Waals surface area contributed by atoms with E-state index in [1.807, 2.05) is 25.7 Å². The topological polar surface area (TPSA) is 122 Å². The smallest absolute Gasteiger partial charge is 0.317 e. The lowest BCUT2D eigenvalue weighted by molar-refractivity contribution is -0.143. The van der Waals surface area contributed by atoms with Crippen LogP contribution in [0.1, 0.15) is 20.8 Å². The van der Waals surface area contributed by atoms with Gasteiger partial charge in [0.15, 0.2) is 0 Å². The highest BCUT2D eigenvalue weighted by atomic mass is 16.4. The van der Waals surface area contributed by atoms with E-state index < -0.39 is 17.9 Å². The van der Waals surface area contributed by atoms with Crippen molar-refractivity contribution < 1.29 is 29.7 Å². The van der Waals surface area contributed by atoms with E-state index >= 15 is 0 Å². The minimum atomic E-state index is -1.10. The van der Waals surface area contributed by atoms with Crippen molar-refractivity contribution >= 4 is 17.9 Å². The summed E-state index contributed by atoms with van der Waals surface area (Å²) in [4.78, 5) is 37.5. The number of carboxylic acid groups (broad SMARTS) is 3. The minimum absolute atomic E-state index is 0.122. The molecule has 0 fully saturated rings. The van der Waals surface area contributed by atoms with E-state index in [-0.39, 0.29) is 32.2 Å². The van der Waals surface area contributed by atoms with Gasteiger partial charge in [0.2, 0.25) is 0 Å². The number of nitrogens with zero attached hydrogens (tertiary/aromatic N) is 3. The molecule has 9 heteroatoms. The van der Waals surface area contributed by atoms with Gasteiger partial charge in [-0.3, -0.25) is 29.1 Å². The molecule has 134 valence electrons. The first-order valence-electron chi connectivity index (χ1n) is 7.46. The van der Waals surface area contributed by atoms with Crippen LogP contribution in [0.5, 0.6) is 0 Å². The van der Waals surface area contributed by atoms with Gasteiger partial charge in [-0.25, -0.2) is 0 Å². The van der Waals surface area contributed by atoms with Crippen molar-refractivity contribution in [1.82, 2.24) is 14.7 Å². The maximum atomic E-state index is 10.9. The summed E-state index contributed by atoms with van der Waals surface area (Å²) < 4.78 is 0. The van der Waals surface area contributed by atoms with Crippen molar-refractivity contribution in [1.29, 1.82) is 0 Å². The normalized spacial score (nSPS) is 11.6. The van der Waals surface area contributed by atoms with E-state index in [0.29, 0.717) is 19.8 Å². The summed E-state index contributed by atoms with van der Waals surface area (Å²) in [7, 11) is 0. The van der Waals surface area contributed by atoms with Crippen LogP contribution in [0.4, 0.5) is 0 Å². The quantitative estimate of drug-likeness (QED) is 0.391. The molecule has 23 heavy (non-hydrogen) atoms. The Kier molecular flexibility index (Phi) is 10.1. The van der Waals surface area contributed by atoms with Gasteiger partial charge in [-0.1, -0.05) is 20.8 Å². The largest absolute Gasteiger partial charge is 0.480 e. The molecular weight excluding hydrogens is 306 g/mol. The summed E-state index contributed by atoms with van der Waals surface area (Å²) in [5.41, 5.74) is 0. The molecule has 0 amide bonds. The Bertz CT molecular complexity index is 386. The van der Waals surface area contributed by atoms with Crippen molar-refractivity contribution in [3.63, 3.8) is 0 Å². The van der Waals surface area contributed by atoms with Crippen molar-refractivity contribution in [2.45, 2.75) is 20.8 Å². The summed E-state index contributed by atoms with van der Waals surface area (Å²) in [6.45, 7) is 6.52. The van der Waals surface area contributed by atoms with Crippen LogP contribution in [-0.4, -0.2) is 94.0 Å². The Morgan fingerprint density at radius 1 is 0.783 bits per heavy atom. The number of likely N-dealkylation sites (N-methyl/N-ethyl adjacent to an activating group) is 1. The highest BCUT2D eigenvalue weighted by Crippen LogP contribution is 2.04. The monoisotopic (exact) mass is 333 g/mol. The van der Waals surface area contributed by atoms with Gasteiger partial charge in [-0.05, 0) is 12.5 Å². The van der Waals surface area contributed by atoms with Gasteiger partial charge < -0.3 is 15.3 Å². The lowest BCUT2D eigenvalue weighted by Gasteiger charge is -2.33. The Labute approximate surface area is 136 Å². The molecule has 0 aromatic carbocycles. The molecular formula is C14H27N3O6. The summed E-state index contributed by atoms with van der Waals surface area (Å²) in [6.07, 6.45) is 0. The first-order chi connectivity index (χ1) is 10.6. The first-order valence-corrected chi connectivity index (χ1v) is 7.46. The first kappa shape index (κ1) is 21.3. The third kappa shape index (κ3) is 11.5. The van der Waals surface area contributed by atoms with Gasteiger partial charge in [-0.15, -0.1) is 0 Å². The second-order valence-corrected chi connectivity index (χ2v) is 5.84. The van der Waals surface area contributed by atoms with Crippen LogP contribution in [0.25, 0.3) is 0 Å². The average molecular weight is 333 g/mol. The highest BCUT2D eigenvalue weighted by molar-refractivity contribution is 5.72. The maximum absolute atomic E-state index is 10.9. The van der Waals surface area contributed by atoms with Gasteiger partial charge in [0.25, 0.3) is 0 Å². The molecule has 0 bridgehead atoms. The molecule has 0 aliphatic heterocycles. The lowest BCUT2D eigenvalue weighted by atomic mass is 10.2. The van der Waals surface area contributed by atoms with Gasteiger partial charge in [0.1, 0.15) is 0 Å². The molecule has 0 rings (SSSR count). The van der Waals surface area contributed by atoms with Crippen LogP contribution in [0, 0.1) is 5.92 Å². The van der Waals surface area contributed by atoms with Crippen LogP contribution in [0.3, 0.4) is 0 Å². The van der Waals surface area contributed by atoms with Gasteiger partial charge in [0, 0.05) is 6.54 Å². The molecule has 0 aliphatic carbocycles. The Morgan fingerprint density at radius 3 is 1.52 bits per heavy atom. The number of hydrogen-bond acceptors (Lipinski definition) is 6. The van der Waals surface area contributed by atoms with E-state index in [0.717, 1.165) is 0 Å². The van der Waals surface area contributed by atoms with Crippen molar-refractivity contribution in [2.75, 3.05) is 46.1 Å². The van der Waals surface area contributed by atoms with E-state index in [2.05, 4.69) is 0 Å². The molecule has 0 heterocycles. The SMILES string of the molecule is CCN(CC(=O)O)CN(CC(C)C)CN(CC(=O)O)CC(=O)O. The van der Waals surface area contributed by atoms with Crippen molar-refractivity contribution in [2.24, 2.45) is 5.92 Å². The summed E-state index contributed by atoms with van der Waals surface area (Å²) in [6, 6.07) is 0. The van der Waals surface area contributed by atoms with E-state index in [9.17, 15) is 14.4 Å². The predicted octanol–water partition coefficient (Wildman–Crippen LogP) is -0.263. The Morgan fingerprint density at radius 2 is 1.17 bits per heavy atom. The maximum Gasteiger partial charge on any atom is 0.317 e. The number of carbonyl (C=O) groups is 3. The summed E-state index contributed by atoms with van der Waals surface area (Å²) >= 11 is 0. The number of aliphatic carboxylic acids is 3. The second kappa shape index (κ2) is 10.9. The van der Waals surface area contributed by atoms with E-state index in [4.69, 9.17) is 15.3 Å². The fraction of sp³-hybridized carbons (Fsp3) is 0.786. The van der Waals surface area contributed by atoms with Gasteiger partial charge in [-0.2, -0.15) is 0 Å². The number of carboxylic acids is 3. The second-order valence-electron chi connectivity index (χ2n) is 5.84. The predicted molar refractivity (Wildman–Crippen MR) is 83.0 cm³/mol. The van der Waals surface area contributed by atoms with Gasteiger partial charge >= 0.3 is 17.9 Å². The van der Waals surface area contributed by atoms with Crippen LogP contribution < -0.4 is 0 Å². The third-order valence-corrected chi connectivity index (χ3v) is 2.95. The molecule has 0 aromatic rings. The third-order valence-electron chi connectivity index (χ3n) is 2.95. The highest BCUT2D eigenvalue weighted by Gasteiger charge is 2.20. The fourth-order valence-corrected chi connectivity index (χ4v) is 2.23. The van der Waals surface area contributed by atoms with Crippen molar-refractivity contribution in [3.8, 4) is 0 Å². The molecule has 9 nitrogen and oxygen atoms in total. The summed E-state index contributed by atoms with van der Waals surface area (Å²) in [5.74, 6) is -2.87. The molecule has 0 atom stereocenters. The molecule has 0 unspecified atom stereocenters. The molecule has 3 N–H and O–H groups in total. The zero-order chi connectivity index (χ0) is 18.0. The minimum Gasteiger partial charge on any atom is -0.480 e. The summed E-state index contributed by atoms with van der Waals surface area (Å²) in [5, 5.41) is 26.7. The molecule has 0 saturated carbocycles. The fourth-order valence-electron chi connectivity index (χ4n) is 2.23. The molecule has 0 spiro atoms. The lowest BCUT2D eigenvalue weighted by Crippen LogP contribution is -2.48. The standard InChI is InChI=1S/C14H27N3O6/c1-4-15(6-12(18)19)9-17(5-11(2)3)10-16(7-13(20)21)8-14(22)23/h11H,4-10H2,1-3H3,(H,18,19)(H,20,21)(H,22,23). The van der Waals surface area contributed by atoms with Crippen LogP contribution in [0.2, 0.25) is 0 Å². The zero-order valence-electron chi connectivity index (χ0n) is 13.9. The number of hydrogen-bond donors (Lipinski definition) is 3. The Balaban J connectivity index is 4.92. The van der Waals surface area contributed by atoms with Crippen LogP contribution >= 0.6 is 0 Å².